The van der Waals surface area contributed by atoms with Crippen molar-refractivity contribution < 1.29 is 4.79 Å². The minimum atomic E-state index is -0.229. The van der Waals surface area contributed by atoms with Gasteiger partial charge in [-0.2, -0.15) is 0 Å². The van der Waals surface area contributed by atoms with Crippen LogP contribution < -0.4 is 5.73 Å². The highest BCUT2D eigenvalue weighted by Crippen LogP contribution is 2.20. The van der Waals surface area contributed by atoms with Crippen molar-refractivity contribution in [1.29, 1.82) is 0 Å². The second-order valence-corrected chi connectivity index (χ2v) is 4.71. The number of likely N-dealkylation sites (tertiary alicyclic amines) is 1. The fourth-order valence-corrected chi connectivity index (χ4v) is 2.38. The van der Waals surface area contributed by atoms with Gasteiger partial charge in [0, 0.05) is 11.9 Å². The molecule has 92 valence electrons. The molecule has 1 amide bonds. The molecule has 0 atom stereocenters. The molecule has 1 aromatic rings. The number of hydrogen-bond acceptors (Lipinski definition) is 3. The Hall–Kier alpha value is -1.42. The summed E-state index contributed by atoms with van der Waals surface area (Å²) < 4.78 is 0. The van der Waals surface area contributed by atoms with Crippen molar-refractivity contribution in [1.82, 2.24) is 9.88 Å². The molecular weight excluding hydrogens is 214 g/mol. The fraction of sp³-hybridized carbons (Fsp3) is 0.538. The highest BCUT2D eigenvalue weighted by Gasteiger charge is 2.20. The van der Waals surface area contributed by atoms with Crippen LogP contribution in [0.2, 0.25) is 0 Å². The van der Waals surface area contributed by atoms with Gasteiger partial charge in [-0.1, -0.05) is 6.07 Å². The van der Waals surface area contributed by atoms with E-state index < -0.39 is 0 Å². The SMILES string of the molecule is NC(=O)CN1CCC(Cc2ccccn2)CC1. The van der Waals surface area contributed by atoms with E-state index >= 15 is 0 Å². The molecule has 1 fully saturated rings. The third kappa shape index (κ3) is 3.82. The summed E-state index contributed by atoms with van der Waals surface area (Å²) in [6, 6.07) is 6.05. The molecule has 1 aliphatic rings. The molecule has 4 nitrogen and oxygen atoms in total. The van der Waals surface area contributed by atoms with Crippen LogP contribution in [0.4, 0.5) is 0 Å². The van der Waals surface area contributed by atoms with Crippen LogP contribution >= 0.6 is 0 Å². The number of aromatic nitrogens is 1. The Balaban J connectivity index is 1.78. The Morgan fingerprint density at radius 3 is 2.76 bits per heavy atom. The number of amides is 1. The number of nitrogens with zero attached hydrogens (tertiary/aromatic N) is 2. The van der Waals surface area contributed by atoms with Crippen molar-refractivity contribution in [3.63, 3.8) is 0 Å². The average Bonchev–Trinajstić information content (AvgIpc) is 2.32. The summed E-state index contributed by atoms with van der Waals surface area (Å²) in [7, 11) is 0. The first-order valence-corrected chi connectivity index (χ1v) is 6.14. The van der Waals surface area contributed by atoms with Gasteiger partial charge in [0.15, 0.2) is 0 Å². The smallest absolute Gasteiger partial charge is 0.231 e. The molecule has 0 bridgehead atoms. The third-order valence-electron chi connectivity index (χ3n) is 3.31. The molecule has 4 heteroatoms. The summed E-state index contributed by atoms with van der Waals surface area (Å²) in [4.78, 5) is 17.3. The quantitative estimate of drug-likeness (QED) is 0.837. The van der Waals surface area contributed by atoms with Crippen LogP contribution in [0.5, 0.6) is 0 Å². The van der Waals surface area contributed by atoms with Gasteiger partial charge in [0.2, 0.25) is 5.91 Å². The Labute approximate surface area is 102 Å². The van der Waals surface area contributed by atoms with Crippen LogP contribution in [0, 0.1) is 5.92 Å². The number of carbonyl (C=O) groups excluding carboxylic acids is 1. The second-order valence-electron chi connectivity index (χ2n) is 4.71. The molecule has 2 rings (SSSR count). The highest BCUT2D eigenvalue weighted by molar-refractivity contribution is 5.75. The zero-order chi connectivity index (χ0) is 12.1. The van der Waals surface area contributed by atoms with E-state index in [0.29, 0.717) is 12.5 Å². The lowest BCUT2D eigenvalue weighted by Gasteiger charge is -2.30. The zero-order valence-electron chi connectivity index (χ0n) is 10.0. The fourth-order valence-electron chi connectivity index (χ4n) is 2.38. The number of hydrogen-bond donors (Lipinski definition) is 1. The van der Waals surface area contributed by atoms with Crippen LogP contribution in [0.3, 0.4) is 0 Å². The number of pyridine rings is 1. The number of rotatable bonds is 4. The van der Waals surface area contributed by atoms with Crippen LogP contribution in [0.25, 0.3) is 0 Å². The molecule has 0 spiro atoms. The Morgan fingerprint density at radius 1 is 1.41 bits per heavy atom. The maximum atomic E-state index is 10.8. The molecular formula is C13H19N3O. The Morgan fingerprint density at radius 2 is 2.18 bits per heavy atom. The Kier molecular flexibility index (Phi) is 4.09. The molecule has 0 aromatic carbocycles. The van der Waals surface area contributed by atoms with Gasteiger partial charge in [-0.05, 0) is 50.4 Å². The first kappa shape index (κ1) is 12.0. The second kappa shape index (κ2) is 5.77. The molecule has 1 aliphatic heterocycles. The lowest BCUT2D eigenvalue weighted by atomic mass is 9.92. The molecule has 0 saturated carbocycles. The predicted octanol–water partition coefficient (Wildman–Crippen LogP) is 0.821. The van der Waals surface area contributed by atoms with E-state index in [1.807, 2.05) is 18.3 Å². The molecule has 0 aliphatic carbocycles. The minimum absolute atomic E-state index is 0.229. The Bertz CT molecular complexity index is 358. The van der Waals surface area contributed by atoms with Crippen LogP contribution in [-0.2, 0) is 11.2 Å². The third-order valence-corrected chi connectivity index (χ3v) is 3.31. The maximum Gasteiger partial charge on any atom is 0.231 e. The zero-order valence-corrected chi connectivity index (χ0v) is 10.0. The van der Waals surface area contributed by atoms with Crippen molar-refractivity contribution >= 4 is 5.91 Å². The van der Waals surface area contributed by atoms with Gasteiger partial charge in [-0.3, -0.25) is 14.7 Å². The summed E-state index contributed by atoms with van der Waals surface area (Å²) in [6.45, 7) is 2.34. The lowest BCUT2D eigenvalue weighted by molar-refractivity contribution is -0.119. The first-order chi connectivity index (χ1) is 8.24. The average molecular weight is 233 g/mol. The van der Waals surface area contributed by atoms with E-state index in [1.54, 1.807) is 0 Å². The van der Waals surface area contributed by atoms with Crippen LogP contribution in [-0.4, -0.2) is 35.4 Å². The van der Waals surface area contributed by atoms with Crippen molar-refractivity contribution in [3.8, 4) is 0 Å². The van der Waals surface area contributed by atoms with Gasteiger partial charge in [0.25, 0.3) is 0 Å². The van der Waals surface area contributed by atoms with E-state index in [9.17, 15) is 4.79 Å². The largest absolute Gasteiger partial charge is 0.369 e. The molecule has 1 saturated heterocycles. The summed E-state index contributed by atoms with van der Waals surface area (Å²) in [6.07, 6.45) is 5.15. The van der Waals surface area contributed by atoms with Gasteiger partial charge < -0.3 is 5.73 Å². The van der Waals surface area contributed by atoms with Crippen LogP contribution in [0.15, 0.2) is 24.4 Å². The van der Waals surface area contributed by atoms with Crippen molar-refractivity contribution in [2.75, 3.05) is 19.6 Å². The standard InChI is InChI=1S/C13H19N3O/c14-13(17)10-16-7-4-11(5-8-16)9-12-3-1-2-6-15-12/h1-3,6,11H,4-5,7-10H2,(H2,14,17). The minimum Gasteiger partial charge on any atom is -0.369 e. The van der Waals surface area contributed by atoms with Crippen LogP contribution in [0.1, 0.15) is 18.5 Å². The van der Waals surface area contributed by atoms with E-state index in [0.717, 1.165) is 32.4 Å². The molecule has 0 radical (unpaired) electrons. The molecule has 0 unspecified atom stereocenters. The highest BCUT2D eigenvalue weighted by atomic mass is 16.1. The topological polar surface area (TPSA) is 59.2 Å². The molecule has 2 N–H and O–H groups in total. The van der Waals surface area contributed by atoms with E-state index in [1.165, 1.54) is 5.69 Å². The van der Waals surface area contributed by atoms with Gasteiger partial charge in [-0.25, -0.2) is 0 Å². The summed E-state index contributed by atoms with van der Waals surface area (Å²) in [5.41, 5.74) is 6.36. The summed E-state index contributed by atoms with van der Waals surface area (Å²) in [5.74, 6) is 0.460. The lowest BCUT2D eigenvalue weighted by Crippen LogP contribution is -2.39. The maximum absolute atomic E-state index is 10.8. The van der Waals surface area contributed by atoms with Gasteiger partial charge in [0.05, 0.1) is 6.54 Å². The van der Waals surface area contributed by atoms with Gasteiger partial charge in [-0.15, -0.1) is 0 Å². The number of piperidine rings is 1. The number of primary amides is 1. The van der Waals surface area contributed by atoms with E-state index in [-0.39, 0.29) is 5.91 Å². The molecule has 2 heterocycles. The van der Waals surface area contributed by atoms with Crippen molar-refractivity contribution in [3.05, 3.63) is 30.1 Å². The monoisotopic (exact) mass is 233 g/mol. The van der Waals surface area contributed by atoms with E-state index in [2.05, 4.69) is 16.0 Å². The van der Waals surface area contributed by atoms with Crippen molar-refractivity contribution in [2.45, 2.75) is 19.3 Å². The predicted molar refractivity (Wildman–Crippen MR) is 66.3 cm³/mol. The van der Waals surface area contributed by atoms with E-state index in [4.69, 9.17) is 5.73 Å². The first-order valence-electron chi connectivity index (χ1n) is 6.14. The molecule has 1 aromatic heterocycles. The number of carbonyl (C=O) groups is 1. The normalized spacial score (nSPS) is 18.1. The van der Waals surface area contributed by atoms with Gasteiger partial charge >= 0.3 is 0 Å². The summed E-state index contributed by atoms with van der Waals surface area (Å²) >= 11 is 0. The van der Waals surface area contributed by atoms with Crippen molar-refractivity contribution in [2.24, 2.45) is 11.7 Å². The summed E-state index contributed by atoms with van der Waals surface area (Å²) in [5, 5.41) is 0. The number of nitrogens with two attached hydrogens (primary N) is 1. The van der Waals surface area contributed by atoms with Gasteiger partial charge in [0.1, 0.15) is 0 Å². The molecule has 17 heavy (non-hydrogen) atoms.